The molecule has 1 rings (SSSR count). The maximum absolute atomic E-state index is 3.40. The molecule has 1 aromatic rings. The molecule has 0 aliphatic heterocycles. The minimum atomic E-state index is 0. The van der Waals surface area contributed by atoms with Gasteiger partial charge in [0.05, 0.1) is 0 Å². The van der Waals surface area contributed by atoms with Crippen molar-refractivity contribution in [2.45, 2.75) is 26.2 Å². The van der Waals surface area contributed by atoms with E-state index in [1.165, 1.54) is 5.56 Å². The first-order valence-corrected chi connectivity index (χ1v) is 4.47. The Morgan fingerprint density at radius 1 is 1.31 bits per heavy atom. The quantitative estimate of drug-likeness (QED) is 0.473. The molecule has 0 saturated carbocycles. The summed E-state index contributed by atoms with van der Waals surface area (Å²) in [6, 6.07) is 9.22. The van der Waals surface area contributed by atoms with E-state index < -0.39 is 0 Å². The van der Waals surface area contributed by atoms with Gasteiger partial charge in [-0.15, -0.1) is 0 Å². The van der Waals surface area contributed by atoms with Gasteiger partial charge in [-0.1, -0.05) is 41.2 Å². The molecule has 0 atom stereocenters. The predicted octanol–water partition coefficient (Wildman–Crippen LogP) is 0.170. The molecule has 0 fully saturated rings. The molecule has 0 N–H and O–H groups in total. The van der Waals surface area contributed by atoms with Crippen molar-refractivity contribution in [3.05, 3.63) is 34.3 Å². The van der Waals surface area contributed by atoms with Crippen LogP contribution in [0.2, 0.25) is 0 Å². The van der Waals surface area contributed by atoms with Crippen molar-refractivity contribution in [3.63, 3.8) is 0 Å². The molecular formula is C10H12Br2Mg. The topological polar surface area (TPSA) is 0 Å². The molecule has 1 aromatic carbocycles. The van der Waals surface area contributed by atoms with Crippen LogP contribution in [0.1, 0.15) is 26.3 Å². The molecule has 0 nitrogen and oxygen atoms in total. The van der Waals surface area contributed by atoms with Gasteiger partial charge in [0.25, 0.3) is 0 Å². The molecule has 68 valence electrons. The van der Waals surface area contributed by atoms with Gasteiger partial charge in [0.15, 0.2) is 0 Å². The van der Waals surface area contributed by atoms with Crippen LogP contribution in [0.3, 0.4) is 0 Å². The second-order valence-corrected chi connectivity index (χ2v) is 4.53. The van der Waals surface area contributed by atoms with Crippen LogP contribution in [0.5, 0.6) is 0 Å². The summed E-state index contributed by atoms with van der Waals surface area (Å²) < 4.78 is 1.03. The molecule has 0 unspecified atom stereocenters. The largest absolute Gasteiger partial charge is 2.00 e. The molecule has 3 heteroatoms. The Morgan fingerprint density at radius 2 is 1.85 bits per heavy atom. The number of hydrogen-bond acceptors (Lipinski definition) is 0. The Balaban J connectivity index is 0. The minimum Gasteiger partial charge on any atom is -1.00 e. The Kier molecular flexibility index (Phi) is 8.11. The fourth-order valence-corrected chi connectivity index (χ4v) is 1.28. The first-order valence-electron chi connectivity index (χ1n) is 3.68. The van der Waals surface area contributed by atoms with Crippen LogP contribution in [-0.4, -0.2) is 23.1 Å². The second kappa shape index (κ2) is 6.43. The third kappa shape index (κ3) is 5.40. The summed E-state index contributed by atoms with van der Waals surface area (Å²) in [6.45, 7) is 6.61. The fraction of sp³-hybridized carbons (Fsp3) is 0.400. The van der Waals surface area contributed by atoms with Crippen molar-refractivity contribution in [2.75, 3.05) is 0 Å². The van der Waals surface area contributed by atoms with Crippen molar-refractivity contribution in [1.29, 1.82) is 0 Å². The van der Waals surface area contributed by atoms with E-state index in [1.807, 2.05) is 6.07 Å². The van der Waals surface area contributed by atoms with Gasteiger partial charge in [-0.2, -0.15) is 29.8 Å². The SMILES string of the molecule is CC(C)(C)c1cc[c-]c(Br)c1.[Br-].[Mg+2]. The van der Waals surface area contributed by atoms with Crippen LogP contribution in [0, 0.1) is 6.07 Å². The minimum absolute atomic E-state index is 0. The summed E-state index contributed by atoms with van der Waals surface area (Å²) in [4.78, 5) is 0. The maximum Gasteiger partial charge on any atom is 2.00 e. The Bertz CT molecular complexity index is 253. The molecule has 0 bridgehead atoms. The van der Waals surface area contributed by atoms with Crippen LogP contribution in [0.25, 0.3) is 0 Å². The van der Waals surface area contributed by atoms with Crippen molar-refractivity contribution in [2.24, 2.45) is 0 Å². The van der Waals surface area contributed by atoms with Crippen molar-refractivity contribution < 1.29 is 17.0 Å². The van der Waals surface area contributed by atoms with Gasteiger partial charge in [-0.3, -0.25) is 0 Å². The van der Waals surface area contributed by atoms with Crippen LogP contribution in [0.15, 0.2) is 22.7 Å². The predicted molar refractivity (Wildman–Crippen MR) is 57.4 cm³/mol. The van der Waals surface area contributed by atoms with Gasteiger partial charge in [0.1, 0.15) is 0 Å². The summed E-state index contributed by atoms with van der Waals surface area (Å²) in [6.07, 6.45) is 0. The molecule has 13 heavy (non-hydrogen) atoms. The van der Waals surface area contributed by atoms with Gasteiger partial charge in [-0.05, 0) is 5.41 Å². The third-order valence-electron chi connectivity index (χ3n) is 1.63. The molecule has 0 radical (unpaired) electrons. The van der Waals surface area contributed by atoms with E-state index in [4.69, 9.17) is 0 Å². The van der Waals surface area contributed by atoms with E-state index in [2.05, 4.69) is 54.9 Å². The zero-order valence-electron chi connectivity index (χ0n) is 8.20. The first-order chi connectivity index (χ1) is 5.00. The summed E-state index contributed by atoms with van der Waals surface area (Å²) in [5.74, 6) is 0. The maximum atomic E-state index is 3.40. The summed E-state index contributed by atoms with van der Waals surface area (Å²) in [7, 11) is 0. The molecule has 0 aromatic heterocycles. The van der Waals surface area contributed by atoms with Crippen LogP contribution < -0.4 is 17.0 Å². The molecule has 0 aliphatic rings. The van der Waals surface area contributed by atoms with Gasteiger partial charge in [0.2, 0.25) is 0 Å². The molecule has 0 heterocycles. The van der Waals surface area contributed by atoms with E-state index in [0.717, 1.165) is 4.47 Å². The zero-order chi connectivity index (χ0) is 8.48. The standard InChI is InChI=1S/C10H12Br.BrH.Mg/c1-10(2,3)8-5-4-6-9(11)7-8;;/h4-5,7H,1-3H3;1H;/q-1;;+2/p-1. The van der Waals surface area contributed by atoms with E-state index in [1.54, 1.807) is 0 Å². The molecule has 0 spiro atoms. The average Bonchev–Trinajstić information content (AvgIpc) is 1.86. The molecule has 0 amide bonds. The number of halogens is 2. The van der Waals surface area contributed by atoms with Gasteiger partial charge < -0.3 is 17.0 Å². The Labute approximate surface area is 116 Å². The number of hydrogen-bond donors (Lipinski definition) is 0. The van der Waals surface area contributed by atoms with E-state index in [9.17, 15) is 0 Å². The normalized spacial score (nSPS) is 9.85. The van der Waals surface area contributed by atoms with Crippen LogP contribution in [0.4, 0.5) is 0 Å². The van der Waals surface area contributed by atoms with Crippen molar-refractivity contribution in [3.8, 4) is 0 Å². The molecule has 0 saturated heterocycles. The Morgan fingerprint density at radius 3 is 2.15 bits per heavy atom. The first kappa shape index (κ1) is 16.4. The average molecular weight is 316 g/mol. The van der Waals surface area contributed by atoms with E-state index >= 15 is 0 Å². The third-order valence-corrected chi connectivity index (χ3v) is 2.09. The summed E-state index contributed by atoms with van der Waals surface area (Å²) >= 11 is 3.40. The summed E-state index contributed by atoms with van der Waals surface area (Å²) in [5, 5.41) is 0. The van der Waals surface area contributed by atoms with Gasteiger partial charge in [0, 0.05) is 0 Å². The van der Waals surface area contributed by atoms with E-state index in [0.29, 0.717) is 0 Å². The van der Waals surface area contributed by atoms with E-state index in [-0.39, 0.29) is 45.4 Å². The summed E-state index contributed by atoms with van der Waals surface area (Å²) in [5.41, 5.74) is 1.57. The monoisotopic (exact) mass is 314 g/mol. The fourth-order valence-electron chi connectivity index (χ4n) is 0.904. The number of benzene rings is 1. The van der Waals surface area contributed by atoms with Crippen LogP contribution >= 0.6 is 15.9 Å². The number of rotatable bonds is 0. The van der Waals surface area contributed by atoms with Gasteiger partial charge >= 0.3 is 23.1 Å². The smallest absolute Gasteiger partial charge is 1.00 e. The second-order valence-electron chi connectivity index (χ2n) is 3.68. The van der Waals surface area contributed by atoms with Crippen LogP contribution in [-0.2, 0) is 5.41 Å². The zero-order valence-corrected chi connectivity index (χ0v) is 12.8. The van der Waals surface area contributed by atoms with Crippen molar-refractivity contribution >= 4 is 39.0 Å². The Hall–Kier alpha value is 0.946. The van der Waals surface area contributed by atoms with Crippen molar-refractivity contribution in [1.82, 2.24) is 0 Å². The molecule has 0 aliphatic carbocycles. The van der Waals surface area contributed by atoms with Gasteiger partial charge in [-0.25, -0.2) is 0 Å². The molecular weight excluding hydrogens is 304 g/mol.